The summed E-state index contributed by atoms with van der Waals surface area (Å²) in [6.07, 6.45) is 1.91. The Morgan fingerprint density at radius 3 is 2.82 bits per heavy atom. The fourth-order valence-electron chi connectivity index (χ4n) is 3.64. The summed E-state index contributed by atoms with van der Waals surface area (Å²) in [4.78, 5) is 20.3. The number of carbonyl (C=O) groups is 1. The van der Waals surface area contributed by atoms with Gasteiger partial charge in [-0.05, 0) is 19.1 Å². The molecule has 1 aliphatic rings. The van der Waals surface area contributed by atoms with Crippen molar-refractivity contribution >= 4 is 38.6 Å². The standard InChI is InChI=1S/C23H19N3O5S2/c1-13-17(11-32-33-21-6-4-3-5-14(21)22(27)28)26(8-7-18(13)29-2)23-24-15-9-19-20(31-12-30-19)10-16(15)25-23/h3-10H,11-12H2,1-2H3,(H-,24,25,27,28)/p+1. The van der Waals surface area contributed by atoms with E-state index in [0.29, 0.717) is 33.7 Å². The first kappa shape index (κ1) is 21.5. The summed E-state index contributed by atoms with van der Waals surface area (Å²) in [5, 5.41) is 9.44. The minimum Gasteiger partial charge on any atom is -0.496 e. The van der Waals surface area contributed by atoms with E-state index in [0.717, 1.165) is 28.0 Å². The van der Waals surface area contributed by atoms with E-state index in [1.807, 2.05) is 48.0 Å². The van der Waals surface area contributed by atoms with E-state index in [9.17, 15) is 9.90 Å². The molecule has 0 saturated carbocycles. The van der Waals surface area contributed by atoms with Crippen molar-refractivity contribution in [1.82, 2.24) is 9.97 Å². The van der Waals surface area contributed by atoms with Gasteiger partial charge in [0.15, 0.2) is 17.0 Å². The van der Waals surface area contributed by atoms with Crippen LogP contribution in [0.3, 0.4) is 0 Å². The van der Waals surface area contributed by atoms with Crippen LogP contribution in [0.5, 0.6) is 17.2 Å². The number of nitrogens with zero attached hydrogens (tertiary/aromatic N) is 2. The number of nitrogens with one attached hydrogen (secondary N) is 1. The SMILES string of the molecule is COc1cc[n+](-c2nc3cc4c(cc3[nH]2)OCO4)c(CSSc2ccccc2C(=O)O)c1C. The third-order valence-corrected chi connectivity index (χ3v) is 7.63. The van der Waals surface area contributed by atoms with E-state index in [2.05, 4.69) is 4.98 Å². The third-order valence-electron chi connectivity index (χ3n) is 5.34. The molecule has 4 aromatic rings. The van der Waals surface area contributed by atoms with Gasteiger partial charge in [0.1, 0.15) is 17.0 Å². The van der Waals surface area contributed by atoms with Crippen LogP contribution in [0, 0.1) is 6.92 Å². The van der Waals surface area contributed by atoms with E-state index in [4.69, 9.17) is 19.2 Å². The van der Waals surface area contributed by atoms with Crippen molar-refractivity contribution in [3.05, 3.63) is 65.5 Å². The highest BCUT2D eigenvalue weighted by Crippen LogP contribution is 2.37. The van der Waals surface area contributed by atoms with E-state index in [1.165, 1.54) is 10.8 Å². The number of aromatic nitrogens is 3. The van der Waals surface area contributed by atoms with E-state index < -0.39 is 5.97 Å². The second-order valence-electron chi connectivity index (χ2n) is 7.26. The Morgan fingerprint density at radius 1 is 1.24 bits per heavy atom. The fourth-order valence-corrected chi connectivity index (χ4v) is 6.00. The summed E-state index contributed by atoms with van der Waals surface area (Å²) in [6, 6.07) is 12.6. The molecule has 0 radical (unpaired) electrons. The molecule has 168 valence electrons. The number of ether oxygens (including phenoxy) is 3. The quantitative estimate of drug-likeness (QED) is 0.293. The van der Waals surface area contributed by atoms with E-state index in [-0.39, 0.29) is 6.79 Å². The molecule has 10 heteroatoms. The zero-order chi connectivity index (χ0) is 22.9. The number of hydrogen-bond donors (Lipinski definition) is 2. The number of carboxylic acid groups (broad SMARTS) is 1. The first-order chi connectivity index (χ1) is 16.0. The lowest BCUT2D eigenvalue weighted by atomic mass is 10.2. The van der Waals surface area contributed by atoms with Gasteiger partial charge >= 0.3 is 11.9 Å². The number of imidazole rings is 1. The Morgan fingerprint density at radius 2 is 2.03 bits per heavy atom. The predicted molar refractivity (Wildman–Crippen MR) is 126 cm³/mol. The molecule has 0 spiro atoms. The smallest absolute Gasteiger partial charge is 0.402 e. The monoisotopic (exact) mass is 482 g/mol. The van der Waals surface area contributed by atoms with Gasteiger partial charge in [-0.25, -0.2) is 14.3 Å². The molecular weight excluding hydrogens is 462 g/mol. The lowest BCUT2D eigenvalue weighted by Gasteiger charge is -2.12. The van der Waals surface area contributed by atoms with Crippen molar-refractivity contribution in [2.75, 3.05) is 13.9 Å². The summed E-state index contributed by atoms with van der Waals surface area (Å²) < 4.78 is 18.5. The molecule has 5 rings (SSSR count). The maximum Gasteiger partial charge on any atom is 0.402 e. The highest BCUT2D eigenvalue weighted by molar-refractivity contribution is 8.76. The van der Waals surface area contributed by atoms with Gasteiger partial charge in [0, 0.05) is 28.7 Å². The molecule has 8 nitrogen and oxygen atoms in total. The van der Waals surface area contributed by atoms with Crippen molar-refractivity contribution < 1.29 is 28.7 Å². The number of aromatic amines is 1. The lowest BCUT2D eigenvalue weighted by molar-refractivity contribution is -0.610. The van der Waals surface area contributed by atoms with Crippen molar-refractivity contribution in [3.8, 4) is 23.2 Å². The summed E-state index contributed by atoms with van der Waals surface area (Å²) in [6.45, 7) is 2.21. The number of fused-ring (bicyclic) bond motifs is 2. The Hall–Kier alpha value is -3.37. The van der Waals surface area contributed by atoms with E-state index in [1.54, 1.807) is 30.0 Å². The number of hydrogen-bond acceptors (Lipinski definition) is 7. The minimum atomic E-state index is -0.937. The largest absolute Gasteiger partial charge is 0.496 e. The van der Waals surface area contributed by atoms with Gasteiger partial charge in [-0.3, -0.25) is 0 Å². The number of benzene rings is 2. The number of methoxy groups -OCH3 is 1. The van der Waals surface area contributed by atoms with Gasteiger partial charge in [0.2, 0.25) is 6.79 Å². The average Bonchev–Trinajstić information content (AvgIpc) is 3.44. The van der Waals surface area contributed by atoms with Crippen LogP contribution >= 0.6 is 21.6 Å². The van der Waals surface area contributed by atoms with Crippen LogP contribution in [0.4, 0.5) is 0 Å². The average molecular weight is 483 g/mol. The third kappa shape index (κ3) is 4.07. The number of carboxylic acids is 1. The van der Waals surface area contributed by atoms with Crippen LogP contribution in [-0.4, -0.2) is 34.9 Å². The molecule has 1 aliphatic heterocycles. The van der Waals surface area contributed by atoms with Gasteiger partial charge in [0.05, 0.1) is 24.6 Å². The minimum absolute atomic E-state index is 0.214. The summed E-state index contributed by atoms with van der Waals surface area (Å²) in [7, 11) is 4.63. The predicted octanol–water partition coefficient (Wildman–Crippen LogP) is 4.52. The zero-order valence-electron chi connectivity index (χ0n) is 17.8. The first-order valence-corrected chi connectivity index (χ1v) is 12.4. The van der Waals surface area contributed by atoms with Crippen molar-refractivity contribution in [3.63, 3.8) is 0 Å². The molecule has 0 fully saturated rings. The van der Waals surface area contributed by atoms with Crippen LogP contribution < -0.4 is 18.8 Å². The number of rotatable bonds is 7. The zero-order valence-corrected chi connectivity index (χ0v) is 19.5. The normalized spacial score (nSPS) is 12.3. The van der Waals surface area contributed by atoms with Crippen LogP contribution in [0.1, 0.15) is 21.6 Å². The molecule has 33 heavy (non-hydrogen) atoms. The maximum absolute atomic E-state index is 11.5. The second-order valence-corrected chi connectivity index (χ2v) is 9.59. The summed E-state index contributed by atoms with van der Waals surface area (Å²) in [5.74, 6) is 2.47. The Bertz CT molecular complexity index is 1330. The summed E-state index contributed by atoms with van der Waals surface area (Å²) >= 11 is 0. The Labute approximate surface area is 197 Å². The molecule has 0 amide bonds. The van der Waals surface area contributed by atoms with Gasteiger partial charge < -0.3 is 19.3 Å². The molecular formula is C23H20N3O5S2+. The van der Waals surface area contributed by atoms with Gasteiger partial charge in [-0.1, -0.05) is 38.7 Å². The number of aromatic carboxylic acids is 1. The first-order valence-electron chi connectivity index (χ1n) is 10.0. The number of H-pyrrole nitrogens is 1. The van der Waals surface area contributed by atoms with Gasteiger partial charge in [-0.15, -0.1) is 0 Å². The molecule has 2 N–H and O–H groups in total. The lowest BCUT2D eigenvalue weighted by Crippen LogP contribution is -2.37. The molecule has 0 aliphatic carbocycles. The topological polar surface area (TPSA) is 97.5 Å². The Balaban J connectivity index is 1.47. The summed E-state index contributed by atoms with van der Waals surface area (Å²) in [5.41, 5.74) is 3.88. The van der Waals surface area contributed by atoms with Crippen LogP contribution in [0.25, 0.3) is 17.0 Å². The van der Waals surface area contributed by atoms with E-state index >= 15 is 0 Å². The molecule has 2 aromatic heterocycles. The van der Waals surface area contributed by atoms with Gasteiger partial charge in [-0.2, -0.15) is 0 Å². The molecule has 0 unspecified atom stereocenters. The van der Waals surface area contributed by atoms with Crippen LogP contribution in [0.2, 0.25) is 0 Å². The second kappa shape index (κ2) is 8.87. The van der Waals surface area contributed by atoms with Crippen molar-refractivity contribution in [2.24, 2.45) is 0 Å². The highest BCUT2D eigenvalue weighted by Gasteiger charge is 2.24. The molecule has 2 aromatic carbocycles. The molecule has 0 atom stereocenters. The van der Waals surface area contributed by atoms with Gasteiger partial charge in [0.25, 0.3) is 0 Å². The van der Waals surface area contributed by atoms with Crippen molar-refractivity contribution in [1.29, 1.82) is 0 Å². The molecule has 0 bridgehead atoms. The number of pyridine rings is 1. The highest BCUT2D eigenvalue weighted by atomic mass is 33.1. The van der Waals surface area contributed by atoms with Crippen LogP contribution in [-0.2, 0) is 5.75 Å². The molecule has 3 heterocycles. The fraction of sp³-hybridized carbons (Fsp3) is 0.174. The van der Waals surface area contributed by atoms with Crippen molar-refractivity contribution in [2.45, 2.75) is 17.6 Å². The van der Waals surface area contributed by atoms with Crippen LogP contribution in [0.15, 0.2) is 53.6 Å². The molecule has 0 saturated heterocycles. The maximum atomic E-state index is 11.5. The Kier molecular flexibility index (Phi) is 5.77.